The molecule has 0 saturated carbocycles. The van der Waals surface area contributed by atoms with Crippen LogP contribution in [0.1, 0.15) is 26.3 Å². The third-order valence-corrected chi connectivity index (χ3v) is 4.92. The number of thiocarbonyl (C=S) groups is 1. The summed E-state index contributed by atoms with van der Waals surface area (Å²) in [5, 5.41) is 8.20. The summed E-state index contributed by atoms with van der Waals surface area (Å²) in [6.45, 7) is 0.575. The molecule has 156 valence electrons. The van der Waals surface area contributed by atoms with E-state index in [4.69, 9.17) is 33.3 Å². The average Bonchev–Trinajstić information content (AvgIpc) is 3.14. The predicted molar refractivity (Wildman–Crippen MR) is 120 cm³/mol. The van der Waals surface area contributed by atoms with E-state index < -0.39 is 11.9 Å². The number of methoxy groups -OCH3 is 2. The van der Waals surface area contributed by atoms with E-state index in [1.54, 1.807) is 12.1 Å². The zero-order valence-corrected chi connectivity index (χ0v) is 17.9. The minimum atomic E-state index is -0.569. The number of ether oxygens (including phenoxy) is 2. The SMILES string of the molecule is COC(=O)c1cc(NC(=S)NCCc2c[nH]c3ccc(Cl)cc23)cc(C(=O)OC)c1. The van der Waals surface area contributed by atoms with Crippen LogP contribution < -0.4 is 10.6 Å². The van der Waals surface area contributed by atoms with Gasteiger partial charge in [-0.25, -0.2) is 9.59 Å². The highest BCUT2D eigenvalue weighted by Crippen LogP contribution is 2.22. The van der Waals surface area contributed by atoms with Crippen molar-refractivity contribution in [3.05, 3.63) is 64.3 Å². The predicted octanol–water partition coefficient (Wildman–Crippen LogP) is 3.92. The van der Waals surface area contributed by atoms with Crippen molar-refractivity contribution in [1.82, 2.24) is 10.3 Å². The van der Waals surface area contributed by atoms with Crippen molar-refractivity contribution in [3.8, 4) is 0 Å². The van der Waals surface area contributed by atoms with Gasteiger partial charge in [0, 0.05) is 34.4 Å². The molecule has 2 aromatic carbocycles. The number of nitrogens with one attached hydrogen (secondary N) is 3. The summed E-state index contributed by atoms with van der Waals surface area (Å²) < 4.78 is 9.47. The lowest BCUT2D eigenvalue weighted by Gasteiger charge is -2.12. The minimum Gasteiger partial charge on any atom is -0.465 e. The van der Waals surface area contributed by atoms with Crippen molar-refractivity contribution in [2.45, 2.75) is 6.42 Å². The molecule has 3 aromatic rings. The fraction of sp³-hybridized carbons (Fsp3) is 0.190. The molecule has 0 aliphatic heterocycles. The third kappa shape index (κ3) is 5.08. The molecule has 3 rings (SSSR count). The second kappa shape index (κ2) is 9.60. The first-order valence-corrected chi connectivity index (χ1v) is 9.82. The number of benzene rings is 2. The molecule has 3 N–H and O–H groups in total. The molecule has 0 aliphatic rings. The Morgan fingerprint density at radius 1 is 1.07 bits per heavy atom. The number of anilines is 1. The molecule has 0 fully saturated rings. The smallest absolute Gasteiger partial charge is 0.337 e. The molecule has 0 saturated heterocycles. The zero-order chi connectivity index (χ0) is 21.7. The standard InChI is InChI=1S/C21H20ClN3O4S/c1-28-19(26)13-7-14(20(27)29-2)9-16(8-13)25-21(30)23-6-5-12-11-24-18-4-3-15(22)10-17(12)18/h3-4,7-11,24H,5-6H2,1-2H3,(H2,23,25,30). The largest absolute Gasteiger partial charge is 0.465 e. The maximum absolute atomic E-state index is 11.9. The Bertz CT molecular complexity index is 1080. The fourth-order valence-electron chi connectivity index (χ4n) is 3.01. The van der Waals surface area contributed by atoms with Crippen LogP contribution in [-0.4, -0.2) is 42.8 Å². The normalized spacial score (nSPS) is 10.5. The van der Waals surface area contributed by atoms with Crippen LogP contribution in [0.15, 0.2) is 42.6 Å². The Balaban J connectivity index is 1.65. The van der Waals surface area contributed by atoms with E-state index in [1.807, 2.05) is 24.4 Å². The second-order valence-corrected chi connectivity index (χ2v) is 7.26. The first-order valence-electron chi connectivity index (χ1n) is 9.03. The number of rotatable bonds is 6. The highest BCUT2D eigenvalue weighted by atomic mass is 35.5. The molecular weight excluding hydrogens is 426 g/mol. The van der Waals surface area contributed by atoms with Gasteiger partial charge in [0.1, 0.15) is 0 Å². The first-order chi connectivity index (χ1) is 14.4. The number of esters is 2. The van der Waals surface area contributed by atoms with Gasteiger partial charge in [0.05, 0.1) is 25.3 Å². The van der Waals surface area contributed by atoms with E-state index >= 15 is 0 Å². The number of halogens is 1. The van der Waals surface area contributed by atoms with Crippen molar-refractivity contribution in [1.29, 1.82) is 0 Å². The van der Waals surface area contributed by atoms with Gasteiger partial charge >= 0.3 is 11.9 Å². The van der Waals surface area contributed by atoms with Crippen LogP contribution in [0.25, 0.3) is 10.9 Å². The number of aromatic amines is 1. The summed E-state index contributed by atoms with van der Waals surface area (Å²) in [5.74, 6) is -1.14. The lowest BCUT2D eigenvalue weighted by atomic mass is 10.1. The van der Waals surface area contributed by atoms with Gasteiger partial charge in [-0.05, 0) is 60.6 Å². The van der Waals surface area contributed by atoms with Crippen LogP contribution in [0.3, 0.4) is 0 Å². The molecule has 0 amide bonds. The van der Waals surface area contributed by atoms with E-state index in [0.717, 1.165) is 22.9 Å². The molecule has 1 aromatic heterocycles. The summed E-state index contributed by atoms with van der Waals surface area (Å²) in [4.78, 5) is 27.0. The molecule has 0 bridgehead atoms. The van der Waals surface area contributed by atoms with Crippen LogP contribution in [0.5, 0.6) is 0 Å². The number of fused-ring (bicyclic) bond motifs is 1. The van der Waals surface area contributed by atoms with Crippen LogP contribution in [0.2, 0.25) is 5.02 Å². The molecular formula is C21H20ClN3O4S. The summed E-state index contributed by atoms with van der Waals surface area (Å²) in [6.07, 6.45) is 2.67. The van der Waals surface area contributed by atoms with Crippen molar-refractivity contribution in [2.75, 3.05) is 26.1 Å². The quantitative estimate of drug-likeness (QED) is 0.391. The Labute approximate surface area is 183 Å². The van der Waals surface area contributed by atoms with Gasteiger partial charge in [-0.3, -0.25) is 0 Å². The van der Waals surface area contributed by atoms with Gasteiger partial charge in [-0.15, -0.1) is 0 Å². The van der Waals surface area contributed by atoms with E-state index in [0.29, 0.717) is 22.4 Å². The average molecular weight is 446 g/mol. The highest BCUT2D eigenvalue weighted by molar-refractivity contribution is 7.80. The molecule has 0 spiro atoms. The zero-order valence-electron chi connectivity index (χ0n) is 16.4. The number of aromatic nitrogens is 1. The third-order valence-electron chi connectivity index (χ3n) is 4.44. The van der Waals surface area contributed by atoms with Crippen molar-refractivity contribution >= 4 is 57.5 Å². The second-order valence-electron chi connectivity index (χ2n) is 6.42. The van der Waals surface area contributed by atoms with E-state index in [-0.39, 0.29) is 11.1 Å². The molecule has 7 nitrogen and oxygen atoms in total. The fourth-order valence-corrected chi connectivity index (χ4v) is 3.41. The van der Waals surface area contributed by atoms with E-state index in [9.17, 15) is 9.59 Å². The van der Waals surface area contributed by atoms with Gasteiger partial charge in [0.15, 0.2) is 5.11 Å². The summed E-state index contributed by atoms with van der Waals surface area (Å²) in [5.41, 5.74) is 3.02. The summed E-state index contributed by atoms with van der Waals surface area (Å²) >= 11 is 11.4. The summed E-state index contributed by atoms with van der Waals surface area (Å²) in [6, 6.07) is 10.2. The van der Waals surface area contributed by atoms with Gasteiger partial charge < -0.3 is 25.1 Å². The summed E-state index contributed by atoms with van der Waals surface area (Å²) in [7, 11) is 2.54. The van der Waals surface area contributed by atoms with Crippen LogP contribution in [0.4, 0.5) is 5.69 Å². The Morgan fingerprint density at radius 2 is 1.73 bits per heavy atom. The Hall–Kier alpha value is -3.10. The number of carbonyl (C=O) groups is 2. The van der Waals surface area contributed by atoms with Gasteiger partial charge in [-0.2, -0.15) is 0 Å². The number of H-pyrrole nitrogens is 1. The number of hydrogen-bond donors (Lipinski definition) is 3. The molecule has 0 radical (unpaired) electrons. The highest BCUT2D eigenvalue weighted by Gasteiger charge is 2.14. The number of carbonyl (C=O) groups excluding carboxylic acids is 2. The Kier molecular flexibility index (Phi) is 6.91. The molecule has 0 unspecified atom stereocenters. The van der Waals surface area contributed by atoms with Crippen molar-refractivity contribution in [2.24, 2.45) is 0 Å². The number of hydrogen-bond acceptors (Lipinski definition) is 5. The topological polar surface area (TPSA) is 92.5 Å². The van der Waals surface area contributed by atoms with Gasteiger partial charge in [-0.1, -0.05) is 11.6 Å². The lowest BCUT2D eigenvalue weighted by molar-refractivity contribution is 0.0599. The van der Waals surface area contributed by atoms with Crippen molar-refractivity contribution in [3.63, 3.8) is 0 Å². The van der Waals surface area contributed by atoms with Gasteiger partial charge in [0.25, 0.3) is 0 Å². The van der Waals surface area contributed by atoms with Crippen LogP contribution in [0, 0.1) is 0 Å². The minimum absolute atomic E-state index is 0.210. The molecule has 0 atom stereocenters. The van der Waals surface area contributed by atoms with Crippen LogP contribution in [-0.2, 0) is 15.9 Å². The van der Waals surface area contributed by atoms with Gasteiger partial charge in [0.2, 0.25) is 0 Å². The van der Waals surface area contributed by atoms with E-state index in [1.165, 1.54) is 20.3 Å². The molecule has 30 heavy (non-hydrogen) atoms. The first kappa shape index (κ1) is 21.6. The van der Waals surface area contributed by atoms with Crippen molar-refractivity contribution < 1.29 is 19.1 Å². The monoisotopic (exact) mass is 445 g/mol. The molecule has 9 heteroatoms. The van der Waals surface area contributed by atoms with Crippen LogP contribution >= 0.6 is 23.8 Å². The Morgan fingerprint density at radius 3 is 2.37 bits per heavy atom. The maximum atomic E-state index is 11.9. The molecule has 1 heterocycles. The molecule has 0 aliphatic carbocycles. The lowest BCUT2D eigenvalue weighted by Crippen LogP contribution is -2.30. The van der Waals surface area contributed by atoms with E-state index in [2.05, 4.69) is 15.6 Å². The maximum Gasteiger partial charge on any atom is 0.337 e.